The lowest BCUT2D eigenvalue weighted by atomic mass is 9.92. The number of aliphatic hydroxyl groups is 1. The van der Waals surface area contributed by atoms with Crippen molar-refractivity contribution in [2.45, 2.75) is 46.1 Å². The molecule has 1 unspecified atom stereocenters. The summed E-state index contributed by atoms with van der Waals surface area (Å²) in [6.45, 7) is 7.11. The molecule has 1 heterocycles. The van der Waals surface area contributed by atoms with Crippen LogP contribution in [0.25, 0.3) is 5.76 Å². The average Bonchev–Trinajstić information content (AvgIpc) is 3.01. The molecular weight excluding hydrogens is 378 g/mol. The number of amides is 1. The highest BCUT2D eigenvalue weighted by Crippen LogP contribution is 2.40. The van der Waals surface area contributed by atoms with Crippen molar-refractivity contribution in [2.24, 2.45) is 0 Å². The van der Waals surface area contributed by atoms with E-state index in [4.69, 9.17) is 4.74 Å². The molecule has 0 saturated carbocycles. The van der Waals surface area contributed by atoms with Crippen molar-refractivity contribution in [1.29, 1.82) is 0 Å². The van der Waals surface area contributed by atoms with Gasteiger partial charge in [0, 0.05) is 12.1 Å². The number of carbonyl (C=O) groups excluding carboxylic acids is 2. The van der Waals surface area contributed by atoms with E-state index in [0.29, 0.717) is 24.5 Å². The Labute approximate surface area is 178 Å². The van der Waals surface area contributed by atoms with Gasteiger partial charge >= 0.3 is 0 Å². The smallest absolute Gasteiger partial charge is 0.295 e. The van der Waals surface area contributed by atoms with Crippen LogP contribution < -0.4 is 4.74 Å². The standard InChI is InChI=1S/C25H29NO4/c1-4-6-15-26-22(20-10-8-7-9-17(20)3)21(24(28)25(26)29)23(27)18-11-13-19(14-12-18)30-16-5-2/h7-14,22,27H,4-6,15-16H2,1-3H3/b23-21-. The molecule has 30 heavy (non-hydrogen) atoms. The zero-order valence-corrected chi connectivity index (χ0v) is 17.9. The second-order valence-corrected chi connectivity index (χ2v) is 7.58. The van der Waals surface area contributed by atoms with E-state index in [-0.39, 0.29) is 11.3 Å². The first-order valence-electron chi connectivity index (χ1n) is 10.6. The lowest BCUT2D eigenvalue weighted by Gasteiger charge is -2.26. The summed E-state index contributed by atoms with van der Waals surface area (Å²) in [5, 5.41) is 11.1. The number of rotatable bonds is 8. The predicted octanol–water partition coefficient (Wildman–Crippen LogP) is 5.01. The lowest BCUT2D eigenvalue weighted by molar-refractivity contribution is -0.139. The molecule has 2 aromatic carbocycles. The molecule has 2 aromatic rings. The predicted molar refractivity (Wildman–Crippen MR) is 117 cm³/mol. The van der Waals surface area contributed by atoms with Crippen LogP contribution in [-0.4, -0.2) is 34.8 Å². The van der Waals surface area contributed by atoms with Crippen LogP contribution in [0.2, 0.25) is 0 Å². The first-order valence-corrected chi connectivity index (χ1v) is 10.6. The molecule has 0 bridgehead atoms. The Morgan fingerprint density at radius 2 is 1.73 bits per heavy atom. The number of nitrogens with zero attached hydrogens (tertiary/aromatic N) is 1. The third kappa shape index (κ3) is 4.25. The number of ether oxygens (including phenoxy) is 1. The van der Waals surface area contributed by atoms with Crippen molar-refractivity contribution < 1.29 is 19.4 Å². The molecule has 158 valence electrons. The van der Waals surface area contributed by atoms with Crippen LogP contribution >= 0.6 is 0 Å². The van der Waals surface area contributed by atoms with E-state index in [0.717, 1.165) is 30.4 Å². The van der Waals surface area contributed by atoms with Gasteiger partial charge in [0.05, 0.1) is 18.2 Å². The van der Waals surface area contributed by atoms with Crippen molar-refractivity contribution in [1.82, 2.24) is 4.90 Å². The Morgan fingerprint density at radius 1 is 1.03 bits per heavy atom. The summed E-state index contributed by atoms with van der Waals surface area (Å²) in [6, 6.07) is 14.1. The molecule has 0 aromatic heterocycles. The van der Waals surface area contributed by atoms with E-state index in [9.17, 15) is 14.7 Å². The zero-order chi connectivity index (χ0) is 21.7. The Kier molecular flexibility index (Phi) is 6.93. The molecule has 0 aliphatic carbocycles. The van der Waals surface area contributed by atoms with E-state index in [1.54, 1.807) is 29.2 Å². The Balaban J connectivity index is 2.08. The van der Waals surface area contributed by atoms with Gasteiger partial charge in [-0.05, 0) is 55.2 Å². The third-order valence-corrected chi connectivity index (χ3v) is 5.38. The summed E-state index contributed by atoms with van der Waals surface area (Å²) in [7, 11) is 0. The molecular formula is C25H29NO4. The SMILES string of the molecule is CCCCN1C(=O)C(=O)/C(=C(\O)c2ccc(OCCC)cc2)C1c1ccccc1C. The second kappa shape index (κ2) is 9.61. The van der Waals surface area contributed by atoms with Gasteiger partial charge in [0.1, 0.15) is 11.5 Å². The summed E-state index contributed by atoms with van der Waals surface area (Å²) in [5.41, 5.74) is 2.47. The Morgan fingerprint density at radius 3 is 2.37 bits per heavy atom. The van der Waals surface area contributed by atoms with Crippen LogP contribution in [0.4, 0.5) is 0 Å². The van der Waals surface area contributed by atoms with Gasteiger partial charge in [-0.1, -0.05) is 44.5 Å². The molecule has 5 heteroatoms. The van der Waals surface area contributed by atoms with Gasteiger partial charge in [0.2, 0.25) is 0 Å². The summed E-state index contributed by atoms with van der Waals surface area (Å²) in [4.78, 5) is 27.4. The number of aryl methyl sites for hydroxylation is 1. The average molecular weight is 408 g/mol. The zero-order valence-electron chi connectivity index (χ0n) is 17.9. The van der Waals surface area contributed by atoms with Gasteiger partial charge in [-0.15, -0.1) is 0 Å². The Hall–Kier alpha value is -3.08. The molecule has 1 aliphatic rings. The molecule has 1 fully saturated rings. The maximum Gasteiger partial charge on any atom is 0.295 e. The van der Waals surface area contributed by atoms with Crippen LogP contribution in [0.5, 0.6) is 5.75 Å². The number of carbonyl (C=O) groups is 2. The second-order valence-electron chi connectivity index (χ2n) is 7.58. The molecule has 0 radical (unpaired) electrons. The highest BCUT2D eigenvalue weighted by molar-refractivity contribution is 6.46. The van der Waals surface area contributed by atoms with E-state index in [1.807, 2.05) is 45.0 Å². The number of aliphatic hydroxyl groups excluding tert-OH is 1. The fraction of sp³-hybridized carbons (Fsp3) is 0.360. The molecule has 1 saturated heterocycles. The maximum absolute atomic E-state index is 13.0. The van der Waals surface area contributed by atoms with Crippen LogP contribution in [0.3, 0.4) is 0 Å². The molecule has 1 amide bonds. The van der Waals surface area contributed by atoms with Crippen molar-refractivity contribution in [3.8, 4) is 5.75 Å². The molecule has 1 atom stereocenters. The minimum absolute atomic E-state index is 0.146. The fourth-order valence-electron chi connectivity index (χ4n) is 3.74. The fourth-order valence-corrected chi connectivity index (χ4v) is 3.74. The van der Waals surface area contributed by atoms with Gasteiger partial charge < -0.3 is 14.7 Å². The first kappa shape index (κ1) is 21.6. The van der Waals surface area contributed by atoms with Crippen molar-refractivity contribution in [3.63, 3.8) is 0 Å². The lowest BCUT2D eigenvalue weighted by Crippen LogP contribution is -2.30. The topological polar surface area (TPSA) is 66.8 Å². The van der Waals surface area contributed by atoms with E-state index in [1.165, 1.54) is 0 Å². The van der Waals surface area contributed by atoms with Crippen molar-refractivity contribution in [2.75, 3.05) is 13.2 Å². The van der Waals surface area contributed by atoms with Crippen molar-refractivity contribution in [3.05, 3.63) is 70.8 Å². The third-order valence-electron chi connectivity index (χ3n) is 5.38. The monoisotopic (exact) mass is 407 g/mol. The number of benzene rings is 2. The molecule has 1 N–H and O–H groups in total. The van der Waals surface area contributed by atoms with Crippen LogP contribution in [0.15, 0.2) is 54.1 Å². The minimum atomic E-state index is -0.636. The van der Waals surface area contributed by atoms with Gasteiger partial charge in [0.25, 0.3) is 11.7 Å². The number of Topliss-reactive ketones (excluding diaryl/α,β-unsaturated/α-hetero) is 1. The molecule has 1 aliphatic heterocycles. The molecule has 0 spiro atoms. The highest BCUT2D eigenvalue weighted by atomic mass is 16.5. The van der Waals surface area contributed by atoms with Crippen LogP contribution in [0, 0.1) is 6.92 Å². The molecule has 3 rings (SSSR count). The summed E-state index contributed by atoms with van der Waals surface area (Å²) >= 11 is 0. The van der Waals surface area contributed by atoms with Crippen LogP contribution in [-0.2, 0) is 9.59 Å². The van der Waals surface area contributed by atoms with Gasteiger partial charge in [-0.25, -0.2) is 0 Å². The maximum atomic E-state index is 13.0. The number of ketones is 1. The quantitative estimate of drug-likeness (QED) is 0.380. The van der Waals surface area contributed by atoms with Crippen molar-refractivity contribution >= 4 is 17.4 Å². The van der Waals surface area contributed by atoms with E-state index in [2.05, 4.69) is 0 Å². The summed E-state index contributed by atoms with van der Waals surface area (Å²) < 4.78 is 5.59. The minimum Gasteiger partial charge on any atom is -0.507 e. The number of likely N-dealkylation sites (tertiary alicyclic amines) is 1. The van der Waals surface area contributed by atoms with Gasteiger partial charge in [0.15, 0.2) is 0 Å². The van der Waals surface area contributed by atoms with E-state index < -0.39 is 17.7 Å². The summed E-state index contributed by atoms with van der Waals surface area (Å²) in [5.74, 6) is -0.640. The van der Waals surface area contributed by atoms with Crippen LogP contribution in [0.1, 0.15) is 55.8 Å². The Bertz CT molecular complexity index is 946. The molecule has 5 nitrogen and oxygen atoms in total. The normalized spacial score (nSPS) is 18.1. The number of hydrogen-bond acceptors (Lipinski definition) is 4. The number of hydrogen-bond donors (Lipinski definition) is 1. The highest BCUT2D eigenvalue weighted by Gasteiger charge is 2.46. The van der Waals surface area contributed by atoms with E-state index >= 15 is 0 Å². The largest absolute Gasteiger partial charge is 0.507 e. The first-order chi connectivity index (χ1) is 14.5. The summed E-state index contributed by atoms with van der Waals surface area (Å²) in [6.07, 6.45) is 2.60. The number of unbranched alkanes of at least 4 members (excludes halogenated alkanes) is 1. The van der Waals surface area contributed by atoms with Gasteiger partial charge in [-0.3, -0.25) is 9.59 Å². The van der Waals surface area contributed by atoms with Gasteiger partial charge in [-0.2, -0.15) is 0 Å².